The van der Waals surface area contributed by atoms with Crippen molar-refractivity contribution in [2.75, 3.05) is 26.4 Å². The summed E-state index contributed by atoms with van der Waals surface area (Å²) in [6, 6.07) is 1.46. The lowest BCUT2D eigenvalue weighted by atomic mass is 10.1. The summed E-state index contributed by atoms with van der Waals surface area (Å²) in [5.41, 5.74) is -0.439. The van der Waals surface area contributed by atoms with E-state index in [4.69, 9.17) is 9.47 Å². The molecule has 22 heavy (non-hydrogen) atoms. The summed E-state index contributed by atoms with van der Waals surface area (Å²) in [7, 11) is -1.02. The van der Waals surface area contributed by atoms with Crippen LogP contribution in [-0.4, -0.2) is 57.1 Å². The van der Waals surface area contributed by atoms with Gasteiger partial charge >= 0.3 is 6.09 Å². The lowest BCUT2D eigenvalue weighted by Gasteiger charge is -2.24. The first-order valence-corrected chi connectivity index (χ1v) is 12.0. The van der Waals surface area contributed by atoms with Crippen LogP contribution in [-0.2, 0) is 9.47 Å². The van der Waals surface area contributed by atoms with Gasteiger partial charge in [-0.3, -0.25) is 5.32 Å². The molecule has 0 aromatic carbocycles. The first-order valence-electron chi connectivity index (χ1n) is 8.27. The maximum atomic E-state index is 12.1. The summed E-state index contributed by atoms with van der Waals surface area (Å²) in [6.45, 7) is 17.7. The number of ether oxygens (including phenoxy) is 2. The number of nitrogens with zero attached hydrogens (tertiary/aromatic N) is 1. The molecule has 0 aliphatic carbocycles. The number of likely N-dealkylation sites (tertiary alicyclic amines) is 1. The predicted molar refractivity (Wildman–Crippen MR) is 92.9 cm³/mol. The van der Waals surface area contributed by atoms with Crippen LogP contribution in [0.5, 0.6) is 0 Å². The van der Waals surface area contributed by atoms with Crippen LogP contribution in [0.15, 0.2) is 0 Å². The summed E-state index contributed by atoms with van der Waals surface area (Å²) in [4.78, 5) is 13.9. The Kier molecular flexibility index (Phi) is 6.89. The first kappa shape index (κ1) is 19.5. The highest BCUT2D eigenvalue weighted by Gasteiger charge is 2.34. The summed E-state index contributed by atoms with van der Waals surface area (Å²) >= 11 is 0. The molecule has 0 saturated carbocycles. The van der Waals surface area contributed by atoms with Crippen LogP contribution < -0.4 is 5.32 Å². The van der Waals surface area contributed by atoms with Crippen molar-refractivity contribution in [2.24, 2.45) is 5.92 Å². The Morgan fingerprint density at radius 2 is 1.91 bits per heavy atom. The van der Waals surface area contributed by atoms with Crippen molar-refractivity contribution in [3.8, 4) is 0 Å². The van der Waals surface area contributed by atoms with Gasteiger partial charge in [-0.15, -0.1) is 0 Å². The maximum absolute atomic E-state index is 12.1. The number of nitrogens with one attached hydrogen (secondary N) is 1. The number of amides is 1. The molecule has 1 saturated heterocycles. The lowest BCUT2D eigenvalue weighted by Crippen LogP contribution is -2.39. The molecule has 1 N–H and O–H groups in total. The molecule has 2 atom stereocenters. The van der Waals surface area contributed by atoms with E-state index in [9.17, 15) is 4.79 Å². The number of rotatable bonds is 6. The van der Waals surface area contributed by atoms with Crippen molar-refractivity contribution in [1.82, 2.24) is 10.2 Å². The molecular weight excluding hydrogens is 296 g/mol. The Balaban J connectivity index is 2.28. The second-order valence-corrected chi connectivity index (χ2v) is 14.2. The van der Waals surface area contributed by atoms with E-state index < -0.39 is 13.7 Å². The monoisotopic (exact) mass is 330 g/mol. The van der Waals surface area contributed by atoms with Gasteiger partial charge in [-0.2, -0.15) is 0 Å². The Morgan fingerprint density at radius 3 is 2.45 bits per heavy atom. The average Bonchev–Trinajstić information content (AvgIpc) is 2.67. The molecule has 0 bridgehead atoms. The fourth-order valence-corrected chi connectivity index (χ4v) is 3.08. The minimum absolute atomic E-state index is 0.219. The van der Waals surface area contributed by atoms with Gasteiger partial charge in [0.05, 0.1) is 6.73 Å². The number of carbonyl (C=O) groups excluding carboxylic acids is 1. The van der Waals surface area contributed by atoms with Gasteiger partial charge in [0.25, 0.3) is 0 Å². The number of hydrogen-bond donors (Lipinski definition) is 1. The third kappa shape index (κ3) is 7.60. The largest absolute Gasteiger partial charge is 0.444 e. The minimum atomic E-state index is -1.02. The highest BCUT2D eigenvalue weighted by atomic mass is 28.3. The molecular formula is C16H34N2O3Si. The van der Waals surface area contributed by atoms with Crippen molar-refractivity contribution < 1.29 is 14.3 Å². The standard InChI is InChI=1S/C16H34N2O3Si/c1-13-10-18(15(19)21-16(2,3)4)11-14(13)17-12-20-8-9-22(5,6)7/h13-14,17H,8-12H2,1-7H3. The topological polar surface area (TPSA) is 50.8 Å². The van der Waals surface area contributed by atoms with Crippen molar-refractivity contribution in [2.45, 2.75) is 65.0 Å². The summed E-state index contributed by atoms with van der Waals surface area (Å²) in [5.74, 6) is 0.410. The SMILES string of the molecule is CC1CN(C(=O)OC(C)(C)C)CC1NCOCC[Si](C)(C)C. The molecule has 130 valence electrons. The molecule has 2 unspecified atom stereocenters. The zero-order chi connectivity index (χ0) is 17.0. The smallest absolute Gasteiger partial charge is 0.410 e. The van der Waals surface area contributed by atoms with Crippen LogP contribution in [0.25, 0.3) is 0 Å². The lowest BCUT2D eigenvalue weighted by molar-refractivity contribution is 0.0284. The van der Waals surface area contributed by atoms with E-state index in [2.05, 4.69) is 31.9 Å². The molecule has 1 aliphatic heterocycles. The molecule has 5 nitrogen and oxygen atoms in total. The van der Waals surface area contributed by atoms with Gasteiger partial charge in [0.1, 0.15) is 5.60 Å². The number of hydrogen-bond acceptors (Lipinski definition) is 4. The van der Waals surface area contributed by atoms with Gasteiger partial charge in [0.2, 0.25) is 0 Å². The molecule has 0 aromatic rings. The van der Waals surface area contributed by atoms with E-state index in [1.807, 2.05) is 20.8 Å². The third-order valence-electron chi connectivity index (χ3n) is 3.71. The van der Waals surface area contributed by atoms with Crippen LogP contribution in [0.2, 0.25) is 25.7 Å². The third-order valence-corrected chi connectivity index (χ3v) is 5.41. The van der Waals surface area contributed by atoms with Crippen molar-refractivity contribution in [3.63, 3.8) is 0 Å². The molecule has 0 radical (unpaired) electrons. The Hall–Kier alpha value is -0.593. The van der Waals surface area contributed by atoms with Gasteiger partial charge < -0.3 is 14.4 Å². The highest BCUT2D eigenvalue weighted by Crippen LogP contribution is 2.19. The van der Waals surface area contributed by atoms with Crippen molar-refractivity contribution in [1.29, 1.82) is 0 Å². The molecule has 1 fully saturated rings. The molecule has 1 aliphatic rings. The van der Waals surface area contributed by atoms with Gasteiger partial charge in [-0.05, 0) is 32.7 Å². The Labute approximate surface area is 136 Å². The molecule has 1 heterocycles. The summed E-state index contributed by atoms with van der Waals surface area (Å²) in [6.07, 6.45) is -0.219. The predicted octanol–water partition coefficient (Wildman–Crippen LogP) is 3.14. The van der Waals surface area contributed by atoms with Crippen LogP contribution in [0.1, 0.15) is 27.7 Å². The normalized spacial score (nSPS) is 23.0. The van der Waals surface area contributed by atoms with Crippen LogP contribution >= 0.6 is 0 Å². The zero-order valence-corrected chi connectivity index (χ0v) is 16.4. The van der Waals surface area contributed by atoms with E-state index in [0.717, 1.165) is 13.2 Å². The van der Waals surface area contributed by atoms with E-state index in [1.165, 1.54) is 6.04 Å². The summed E-state index contributed by atoms with van der Waals surface area (Å²) < 4.78 is 11.1. The second kappa shape index (κ2) is 7.79. The second-order valence-electron chi connectivity index (χ2n) is 8.54. The summed E-state index contributed by atoms with van der Waals surface area (Å²) in [5, 5.41) is 3.41. The molecule has 6 heteroatoms. The quantitative estimate of drug-likeness (QED) is 0.462. The van der Waals surface area contributed by atoms with Crippen LogP contribution in [0.4, 0.5) is 4.79 Å². The van der Waals surface area contributed by atoms with E-state index in [-0.39, 0.29) is 12.1 Å². The zero-order valence-electron chi connectivity index (χ0n) is 15.4. The Bertz CT molecular complexity index is 363. The Morgan fingerprint density at radius 1 is 1.27 bits per heavy atom. The van der Waals surface area contributed by atoms with E-state index in [0.29, 0.717) is 19.2 Å². The molecule has 1 rings (SSSR count). The molecule has 0 spiro atoms. The fraction of sp³-hybridized carbons (Fsp3) is 0.938. The van der Waals surface area contributed by atoms with E-state index in [1.54, 1.807) is 4.90 Å². The van der Waals surface area contributed by atoms with Gasteiger partial charge in [0, 0.05) is 33.8 Å². The minimum Gasteiger partial charge on any atom is -0.444 e. The van der Waals surface area contributed by atoms with Crippen LogP contribution in [0, 0.1) is 5.92 Å². The maximum Gasteiger partial charge on any atom is 0.410 e. The van der Waals surface area contributed by atoms with Gasteiger partial charge in [0.15, 0.2) is 0 Å². The van der Waals surface area contributed by atoms with E-state index >= 15 is 0 Å². The molecule has 0 aromatic heterocycles. The average molecular weight is 331 g/mol. The van der Waals surface area contributed by atoms with Crippen LogP contribution in [0.3, 0.4) is 0 Å². The molecule has 1 amide bonds. The van der Waals surface area contributed by atoms with Gasteiger partial charge in [-0.1, -0.05) is 26.6 Å². The van der Waals surface area contributed by atoms with Crippen molar-refractivity contribution >= 4 is 14.2 Å². The first-order chi connectivity index (χ1) is 9.98. The van der Waals surface area contributed by atoms with Crippen molar-refractivity contribution in [3.05, 3.63) is 0 Å². The highest BCUT2D eigenvalue weighted by molar-refractivity contribution is 6.76. The van der Waals surface area contributed by atoms with Gasteiger partial charge in [-0.25, -0.2) is 4.79 Å². The fourth-order valence-electron chi connectivity index (χ4n) is 2.32. The number of carbonyl (C=O) groups is 1.